The molecule has 2 rings (SSSR count). The summed E-state index contributed by atoms with van der Waals surface area (Å²) in [7, 11) is 1.54. The van der Waals surface area contributed by atoms with E-state index < -0.39 is 13.0 Å². The van der Waals surface area contributed by atoms with Gasteiger partial charge in [-0.1, -0.05) is 0 Å². The Morgan fingerprint density at radius 1 is 1.62 bits per heavy atom. The van der Waals surface area contributed by atoms with Crippen LogP contribution in [-0.4, -0.2) is 34.5 Å². The highest BCUT2D eigenvalue weighted by Gasteiger charge is 2.18. The molecule has 4 nitrogen and oxygen atoms in total. The minimum absolute atomic E-state index is 0.221. The van der Waals surface area contributed by atoms with Gasteiger partial charge in [0.15, 0.2) is 10.8 Å². The van der Waals surface area contributed by atoms with E-state index in [4.69, 9.17) is 0 Å². The van der Waals surface area contributed by atoms with E-state index in [1.165, 1.54) is 23.3 Å². The largest absolute Gasteiger partial charge is 0.390 e. The number of imidazole rings is 1. The van der Waals surface area contributed by atoms with Gasteiger partial charge in [-0.05, 0) is 0 Å². The predicted octanol–water partition coefficient (Wildman–Crippen LogP) is 1.59. The Labute approximate surface area is 94.8 Å². The molecule has 16 heavy (non-hydrogen) atoms. The molecule has 0 radical (unpaired) electrons. The number of aliphatic hydroxyl groups is 1. The fourth-order valence-corrected chi connectivity index (χ4v) is 2.30. The van der Waals surface area contributed by atoms with Crippen molar-refractivity contribution in [2.45, 2.75) is 13.0 Å². The minimum Gasteiger partial charge on any atom is -0.390 e. The maximum absolute atomic E-state index is 12.3. The van der Waals surface area contributed by atoms with Crippen molar-refractivity contribution in [3.63, 3.8) is 0 Å². The van der Waals surface area contributed by atoms with Gasteiger partial charge in [0.05, 0.1) is 18.8 Å². The normalized spacial score (nSPS) is 11.6. The number of nitrogens with zero attached hydrogens (tertiary/aromatic N) is 3. The van der Waals surface area contributed by atoms with Gasteiger partial charge in [-0.25, -0.2) is 13.8 Å². The summed E-state index contributed by atoms with van der Waals surface area (Å²) in [6.45, 7) is -0.612. The van der Waals surface area contributed by atoms with Crippen LogP contribution in [0.15, 0.2) is 11.6 Å². The first-order valence-corrected chi connectivity index (χ1v) is 5.56. The lowest BCUT2D eigenvalue weighted by atomic mass is 10.4. The van der Waals surface area contributed by atoms with E-state index >= 15 is 0 Å². The predicted molar refractivity (Wildman–Crippen MR) is 58.3 cm³/mol. The zero-order valence-corrected chi connectivity index (χ0v) is 9.42. The molecule has 0 saturated heterocycles. The van der Waals surface area contributed by atoms with Crippen LogP contribution in [0.3, 0.4) is 0 Å². The van der Waals surface area contributed by atoms with Gasteiger partial charge in [0, 0.05) is 18.6 Å². The number of hydrogen-bond acceptors (Lipinski definition) is 4. The number of rotatable bonds is 4. The van der Waals surface area contributed by atoms with Gasteiger partial charge in [-0.3, -0.25) is 4.40 Å². The van der Waals surface area contributed by atoms with Gasteiger partial charge in [-0.2, -0.15) is 0 Å². The maximum atomic E-state index is 12.3. The third kappa shape index (κ3) is 1.88. The second kappa shape index (κ2) is 4.34. The van der Waals surface area contributed by atoms with Crippen molar-refractivity contribution in [1.29, 1.82) is 0 Å². The van der Waals surface area contributed by atoms with Crippen molar-refractivity contribution in [2.24, 2.45) is 0 Å². The van der Waals surface area contributed by atoms with Crippen LogP contribution >= 0.6 is 11.3 Å². The molecule has 0 spiro atoms. The summed E-state index contributed by atoms with van der Waals surface area (Å²) >= 11 is 1.40. The summed E-state index contributed by atoms with van der Waals surface area (Å²) in [4.78, 5) is 6.26. The molecule has 0 saturated carbocycles. The van der Waals surface area contributed by atoms with Crippen molar-refractivity contribution in [2.75, 3.05) is 18.5 Å². The Balaban J connectivity index is 2.38. The highest BCUT2D eigenvalue weighted by Crippen LogP contribution is 2.24. The quantitative estimate of drug-likeness (QED) is 0.892. The molecule has 2 aromatic heterocycles. The average molecular weight is 247 g/mol. The van der Waals surface area contributed by atoms with Crippen LogP contribution in [0, 0.1) is 0 Å². The van der Waals surface area contributed by atoms with E-state index in [9.17, 15) is 13.9 Å². The van der Waals surface area contributed by atoms with E-state index in [1.54, 1.807) is 10.6 Å². The molecular formula is C9H11F2N3OS. The number of fused-ring (bicyclic) bond motifs is 1. The van der Waals surface area contributed by atoms with Crippen LogP contribution in [0.25, 0.3) is 4.96 Å². The Morgan fingerprint density at radius 2 is 2.38 bits per heavy atom. The molecule has 0 atom stereocenters. The Kier molecular flexibility index (Phi) is 3.06. The monoisotopic (exact) mass is 247 g/mol. The molecule has 2 heterocycles. The van der Waals surface area contributed by atoms with Crippen LogP contribution in [0.1, 0.15) is 5.69 Å². The lowest BCUT2D eigenvalue weighted by Crippen LogP contribution is -2.25. The summed E-state index contributed by atoms with van der Waals surface area (Å²) in [6, 6.07) is 0. The Bertz CT molecular complexity index is 482. The molecule has 0 fully saturated rings. The van der Waals surface area contributed by atoms with Crippen LogP contribution in [0.4, 0.5) is 14.6 Å². The number of anilines is 1. The van der Waals surface area contributed by atoms with Crippen molar-refractivity contribution in [1.82, 2.24) is 9.38 Å². The van der Waals surface area contributed by atoms with Crippen LogP contribution in [0.2, 0.25) is 0 Å². The molecule has 0 unspecified atom stereocenters. The van der Waals surface area contributed by atoms with Crippen molar-refractivity contribution in [3.05, 3.63) is 17.3 Å². The fraction of sp³-hybridized carbons (Fsp3) is 0.444. The first-order chi connectivity index (χ1) is 7.63. The smallest absolute Gasteiger partial charge is 0.255 e. The van der Waals surface area contributed by atoms with Crippen molar-refractivity contribution < 1.29 is 13.9 Å². The third-order valence-corrected chi connectivity index (χ3v) is 3.02. The standard InChI is InChI=1S/C9H11F2N3OS/c1-13(4-7(10)11)8-6(5-15)14-2-3-16-9(14)12-8/h2-3,7,15H,4-5H2,1H3. The SMILES string of the molecule is CN(CC(F)F)c1nc2sccn2c1CO. The minimum atomic E-state index is -2.42. The maximum Gasteiger partial charge on any atom is 0.255 e. The molecule has 0 amide bonds. The summed E-state index contributed by atoms with van der Waals surface area (Å²) < 4.78 is 26.2. The van der Waals surface area contributed by atoms with Gasteiger partial charge >= 0.3 is 0 Å². The summed E-state index contributed by atoms with van der Waals surface area (Å²) in [6.07, 6.45) is -0.658. The Morgan fingerprint density at radius 3 is 3.00 bits per heavy atom. The first-order valence-electron chi connectivity index (χ1n) is 4.68. The lowest BCUT2D eigenvalue weighted by molar-refractivity contribution is 0.156. The summed E-state index contributed by atoms with van der Waals surface area (Å²) in [5.74, 6) is 0.412. The van der Waals surface area contributed by atoms with E-state index in [2.05, 4.69) is 4.98 Å². The highest BCUT2D eigenvalue weighted by molar-refractivity contribution is 7.15. The molecule has 0 aromatic carbocycles. The number of aromatic nitrogens is 2. The van der Waals surface area contributed by atoms with Crippen LogP contribution in [0.5, 0.6) is 0 Å². The number of hydrogen-bond donors (Lipinski definition) is 1. The zero-order chi connectivity index (χ0) is 11.7. The molecule has 0 aliphatic heterocycles. The lowest BCUT2D eigenvalue weighted by Gasteiger charge is -2.16. The molecule has 88 valence electrons. The first kappa shape index (κ1) is 11.3. The average Bonchev–Trinajstić information content (AvgIpc) is 2.74. The van der Waals surface area contributed by atoms with E-state index in [1.807, 2.05) is 5.38 Å². The van der Waals surface area contributed by atoms with Gasteiger partial charge in [0.2, 0.25) is 0 Å². The second-order valence-electron chi connectivity index (χ2n) is 3.37. The third-order valence-electron chi connectivity index (χ3n) is 2.26. The van der Waals surface area contributed by atoms with Crippen molar-refractivity contribution >= 4 is 22.1 Å². The molecule has 0 bridgehead atoms. The molecular weight excluding hydrogens is 236 g/mol. The highest BCUT2D eigenvalue weighted by atomic mass is 32.1. The van der Waals surface area contributed by atoms with E-state index in [-0.39, 0.29) is 6.61 Å². The molecule has 1 N–H and O–H groups in total. The number of aliphatic hydroxyl groups excluding tert-OH is 1. The zero-order valence-electron chi connectivity index (χ0n) is 8.60. The van der Waals surface area contributed by atoms with Crippen molar-refractivity contribution in [3.8, 4) is 0 Å². The van der Waals surface area contributed by atoms with Crippen LogP contribution < -0.4 is 4.90 Å². The van der Waals surface area contributed by atoms with Gasteiger partial charge in [-0.15, -0.1) is 11.3 Å². The van der Waals surface area contributed by atoms with E-state index in [0.29, 0.717) is 16.5 Å². The molecule has 7 heteroatoms. The summed E-state index contributed by atoms with van der Waals surface area (Å²) in [5, 5.41) is 11.1. The molecule has 0 aliphatic carbocycles. The van der Waals surface area contributed by atoms with Gasteiger partial charge in [0.25, 0.3) is 6.43 Å². The van der Waals surface area contributed by atoms with Crippen LogP contribution in [-0.2, 0) is 6.61 Å². The van der Waals surface area contributed by atoms with Gasteiger partial charge < -0.3 is 10.0 Å². The van der Waals surface area contributed by atoms with E-state index in [0.717, 1.165) is 0 Å². The molecule has 2 aromatic rings. The topological polar surface area (TPSA) is 40.8 Å². The number of thiazole rings is 1. The number of halogens is 2. The second-order valence-corrected chi connectivity index (χ2v) is 4.24. The Hall–Kier alpha value is -1.21. The number of alkyl halides is 2. The summed E-state index contributed by atoms with van der Waals surface area (Å²) in [5.41, 5.74) is 0.541. The molecule has 0 aliphatic rings. The fourth-order valence-electron chi connectivity index (χ4n) is 1.57. The van der Waals surface area contributed by atoms with Gasteiger partial charge in [0.1, 0.15) is 0 Å².